The summed E-state index contributed by atoms with van der Waals surface area (Å²) in [5.74, 6) is -0.273. The van der Waals surface area contributed by atoms with Gasteiger partial charge in [-0.25, -0.2) is 9.18 Å². The zero-order valence-electron chi connectivity index (χ0n) is 12.9. The number of hydrogen-bond donors (Lipinski definition) is 0. The molecule has 0 saturated carbocycles. The largest absolute Gasteiger partial charge is 0.453 e. The van der Waals surface area contributed by atoms with E-state index in [1.54, 1.807) is 17.0 Å². The molecule has 1 unspecified atom stereocenters. The highest BCUT2D eigenvalue weighted by Gasteiger charge is 2.28. The Morgan fingerprint density at radius 3 is 2.48 bits per heavy atom. The molecule has 2 aromatic rings. The number of benzene rings is 2. The van der Waals surface area contributed by atoms with E-state index in [9.17, 15) is 9.18 Å². The van der Waals surface area contributed by atoms with Crippen LogP contribution in [0, 0.1) is 5.82 Å². The first-order valence-electron chi connectivity index (χ1n) is 7.53. The number of carbonyl (C=O) groups excluding carboxylic acids is 1. The molecule has 1 atom stereocenters. The summed E-state index contributed by atoms with van der Waals surface area (Å²) in [5, 5.41) is 0. The highest BCUT2D eigenvalue weighted by Crippen LogP contribution is 2.35. The Morgan fingerprint density at radius 2 is 1.83 bits per heavy atom. The number of methoxy groups -OCH3 is 1. The zero-order chi connectivity index (χ0) is 16.2. The summed E-state index contributed by atoms with van der Waals surface area (Å²) < 4.78 is 18.1. The van der Waals surface area contributed by atoms with Crippen molar-refractivity contribution in [1.29, 1.82) is 0 Å². The van der Waals surface area contributed by atoms with E-state index >= 15 is 0 Å². The molecular formula is C19H18FNO2. The normalized spacial score (nSPS) is 17.6. The van der Waals surface area contributed by atoms with E-state index in [1.165, 1.54) is 19.2 Å². The maximum Gasteiger partial charge on any atom is 0.409 e. The SMILES string of the molecule is COC(=O)N1CC=C(c2ccccc2)C(c2ccc(F)cc2)C1. The molecule has 3 rings (SSSR count). The predicted molar refractivity (Wildman–Crippen MR) is 87.5 cm³/mol. The summed E-state index contributed by atoms with van der Waals surface area (Å²) in [5.41, 5.74) is 3.25. The van der Waals surface area contributed by atoms with E-state index in [1.807, 2.05) is 24.3 Å². The van der Waals surface area contributed by atoms with Crippen LogP contribution in [0.4, 0.5) is 9.18 Å². The number of nitrogens with zero attached hydrogens (tertiary/aromatic N) is 1. The Labute approximate surface area is 135 Å². The minimum absolute atomic E-state index is 0.00847. The lowest BCUT2D eigenvalue weighted by molar-refractivity contribution is 0.126. The second kappa shape index (κ2) is 6.65. The van der Waals surface area contributed by atoms with Gasteiger partial charge in [-0.2, -0.15) is 0 Å². The van der Waals surface area contributed by atoms with E-state index in [-0.39, 0.29) is 17.8 Å². The summed E-state index contributed by atoms with van der Waals surface area (Å²) in [6.07, 6.45) is 1.70. The average Bonchev–Trinajstić information content (AvgIpc) is 2.62. The summed E-state index contributed by atoms with van der Waals surface area (Å²) >= 11 is 0. The summed E-state index contributed by atoms with van der Waals surface area (Å²) in [6, 6.07) is 16.5. The molecule has 23 heavy (non-hydrogen) atoms. The summed E-state index contributed by atoms with van der Waals surface area (Å²) in [4.78, 5) is 13.5. The van der Waals surface area contributed by atoms with Gasteiger partial charge in [0, 0.05) is 19.0 Å². The van der Waals surface area contributed by atoms with Gasteiger partial charge in [-0.1, -0.05) is 48.5 Å². The van der Waals surface area contributed by atoms with Crippen LogP contribution in [0.15, 0.2) is 60.7 Å². The molecule has 1 heterocycles. The number of rotatable bonds is 2. The van der Waals surface area contributed by atoms with Crippen molar-refractivity contribution in [1.82, 2.24) is 4.90 Å². The summed E-state index contributed by atoms with van der Waals surface area (Å²) in [6.45, 7) is 1.02. The molecule has 0 spiro atoms. The molecule has 0 N–H and O–H groups in total. The molecule has 1 aliphatic rings. The van der Waals surface area contributed by atoms with Crippen molar-refractivity contribution in [2.45, 2.75) is 5.92 Å². The van der Waals surface area contributed by atoms with E-state index in [0.29, 0.717) is 13.1 Å². The first kappa shape index (κ1) is 15.3. The Hall–Kier alpha value is -2.62. The first-order valence-corrected chi connectivity index (χ1v) is 7.53. The fourth-order valence-electron chi connectivity index (χ4n) is 2.95. The third kappa shape index (κ3) is 3.26. The lowest BCUT2D eigenvalue weighted by atomic mass is 9.84. The van der Waals surface area contributed by atoms with Crippen molar-refractivity contribution in [3.63, 3.8) is 0 Å². The predicted octanol–water partition coefficient (Wildman–Crippen LogP) is 4.07. The zero-order valence-corrected chi connectivity index (χ0v) is 12.9. The van der Waals surface area contributed by atoms with Crippen LogP contribution in [0.1, 0.15) is 17.0 Å². The lowest BCUT2D eigenvalue weighted by Gasteiger charge is -2.32. The molecule has 0 aromatic heterocycles. The molecule has 2 aromatic carbocycles. The van der Waals surface area contributed by atoms with Gasteiger partial charge in [-0.05, 0) is 28.8 Å². The van der Waals surface area contributed by atoms with Crippen molar-refractivity contribution in [2.24, 2.45) is 0 Å². The third-order valence-corrected chi connectivity index (χ3v) is 4.12. The smallest absolute Gasteiger partial charge is 0.409 e. The number of ether oxygens (including phenoxy) is 1. The fraction of sp³-hybridized carbons (Fsp3) is 0.211. The van der Waals surface area contributed by atoms with E-state index in [0.717, 1.165) is 16.7 Å². The van der Waals surface area contributed by atoms with Crippen molar-refractivity contribution < 1.29 is 13.9 Å². The highest BCUT2D eigenvalue weighted by atomic mass is 19.1. The quantitative estimate of drug-likeness (QED) is 0.836. The molecule has 0 aliphatic carbocycles. The van der Waals surface area contributed by atoms with Crippen molar-refractivity contribution >= 4 is 11.7 Å². The van der Waals surface area contributed by atoms with Gasteiger partial charge in [0.1, 0.15) is 5.82 Å². The average molecular weight is 311 g/mol. The minimum atomic E-state index is -0.347. The van der Waals surface area contributed by atoms with Crippen LogP contribution in [-0.2, 0) is 4.74 Å². The topological polar surface area (TPSA) is 29.5 Å². The van der Waals surface area contributed by atoms with Gasteiger partial charge < -0.3 is 9.64 Å². The van der Waals surface area contributed by atoms with E-state index in [2.05, 4.69) is 12.1 Å². The lowest BCUT2D eigenvalue weighted by Crippen LogP contribution is -2.38. The molecule has 1 amide bonds. The Bertz CT molecular complexity index is 710. The number of halogens is 1. The second-order valence-electron chi connectivity index (χ2n) is 5.50. The highest BCUT2D eigenvalue weighted by molar-refractivity contribution is 5.76. The molecule has 0 radical (unpaired) electrons. The molecule has 3 nitrogen and oxygen atoms in total. The number of carbonyl (C=O) groups is 1. The first-order chi connectivity index (χ1) is 11.2. The molecule has 1 aliphatic heterocycles. The van der Waals surface area contributed by atoms with Gasteiger partial charge >= 0.3 is 6.09 Å². The van der Waals surface area contributed by atoms with Gasteiger partial charge in [-0.15, -0.1) is 0 Å². The molecule has 0 bridgehead atoms. The standard InChI is InChI=1S/C19H18FNO2/c1-23-19(22)21-12-11-17(14-5-3-2-4-6-14)18(13-21)15-7-9-16(20)10-8-15/h2-11,18H,12-13H2,1H3. The fourth-order valence-corrected chi connectivity index (χ4v) is 2.95. The second-order valence-corrected chi connectivity index (χ2v) is 5.50. The molecule has 4 heteroatoms. The monoisotopic (exact) mass is 311 g/mol. The van der Waals surface area contributed by atoms with Gasteiger partial charge in [0.05, 0.1) is 7.11 Å². The van der Waals surface area contributed by atoms with Crippen LogP contribution >= 0.6 is 0 Å². The van der Waals surface area contributed by atoms with E-state index in [4.69, 9.17) is 4.74 Å². The van der Waals surface area contributed by atoms with Crippen molar-refractivity contribution in [3.8, 4) is 0 Å². The third-order valence-electron chi connectivity index (χ3n) is 4.12. The van der Waals surface area contributed by atoms with Crippen LogP contribution in [-0.4, -0.2) is 31.2 Å². The summed E-state index contributed by atoms with van der Waals surface area (Å²) in [7, 11) is 1.38. The molecule has 0 saturated heterocycles. The minimum Gasteiger partial charge on any atom is -0.453 e. The van der Waals surface area contributed by atoms with Crippen LogP contribution in [0.2, 0.25) is 0 Å². The van der Waals surface area contributed by atoms with Crippen molar-refractivity contribution in [3.05, 3.63) is 77.6 Å². The van der Waals surface area contributed by atoms with Gasteiger partial charge in [0.25, 0.3) is 0 Å². The maximum absolute atomic E-state index is 13.2. The molecule has 0 fully saturated rings. The molecular weight excluding hydrogens is 293 g/mol. The van der Waals surface area contributed by atoms with Crippen molar-refractivity contribution in [2.75, 3.05) is 20.2 Å². The van der Waals surface area contributed by atoms with Crippen LogP contribution in [0.5, 0.6) is 0 Å². The van der Waals surface area contributed by atoms with Gasteiger partial charge in [0.2, 0.25) is 0 Å². The Kier molecular flexibility index (Phi) is 4.42. The number of hydrogen-bond acceptors (Lipinski definition) is 2. The van der Waals surface area contributed by atoms with Crippen LogP contribution in [0.25, 0.3) is 5.57 Å². The number of amides is 1. The van der Waals surface area contributed by atoms with Gasteiger partial charge in [-0.3, -0.25) is 0 Å². The van der Waals surface area contributed by atoms with E-state index < -0.39 is 0 Å². The Balaban J connectivity index is 1.99. The maximum atomic E-state index is 13.2. The van der Waals surface area contributed by atoms with Crippen LogP contribution < -0.4 is 0 Å². The Morgan fingerprint density at radius 1 is 1.13 bits per heavy atom. The van der Waals surface area contributed by atoms with Crippen LogP contribution in [0.3, 0.4) is 0 Å². The molecule has 118 valence electrons. The van der Waals surface area contributed by atoms with Gasteiger partial charge in [0.15, 0.2) is 0 Å².